The van der Waals surface area contributed by atoms with E-state index in [0.717, 1.165) is 36.8 Å². The van der Waals surface area contributed by atoms with Gasteiger partial charge in [-0.05, 0) is 114 Å². The van der Waals surface area contributed by atoms with Gasteiger partial charge in [0.1, 0.15) is 24.0 Å². The van der Waals surface area contributed by atoms with Crippen LogP contribution < -0.4 is 0 Å². The number of amides is 1. The lowest BCUT2D eigenvalue weighted by atomic mass is 9.83. The van der Waals surface area contributed by atoms with Crippen LogP contribution in [-0.2, 0) is 38.1 Å². The van der Waals surface area contributed by atoms with E-state index in [-0.39, 0.29) is 56.0 Å². The monoisotopic (exact) mass is 771 g/mol. The fraction of sp³-hybridized carbons (Fsp3) is 0.767. The van der Waals surface area contributed by atoms with Crippen molar-refractivity contribution in [2.45, 2.75) is 159 Å². The third-order valence-corrected chi connectivity index (χ3v) is 13.2. The van der Waals surface area contributed by atoms with Crippen molar-refractivity contribution in [3.05, 3.63) is 36.0 Å². The number of Topliss-reactive ketones (excluding diaryl/α,β-unsaturated/α-hetero) is 2. The van der Waals surface area contributed by atoms with Gasteiger partial charge in [-0.2, -0.15) is 0 Å². The fourth-order valence-corrected chi connectivity index (χ4v) is 9.84. The summed E-state index contributed by atoms with van der Waals surface area (Å²) in [4.78, 5) is 57.3. The summed E-state index contributed by atoms with van der Waals surface area (Å²) in [7, 11) is 3.06. The minimum absolute atomic E-state index is 0.0298. The number of ether oxygens (including phenoxy) is 4. The molecule has 4 bridgehead atoms. The number of ketones is 2. The van der Waals surface area contributed by atoms with Crippen LogP contribution in [0.25, 0.3) is 0 Å². The van der Waals surface area contributed by atoms with Crippen LogP contribution in [0.2, 0.25) is 0 Å². The van der Waals surface area contributed by atoms with Gasteiger partial charge in [0.05, 0.1) is 24.4 Å². The summed E-state index contributed by atoms with van der Waals surface area (Å²) in [6.45, 7) is 9.42. The first-order valence-electron chi connectivity index (χ1n) is 20.6. The summed E-state index contributed by atoms with van der Waals surface area (Å²) in [5.74, 6) is -6.01. The Bertz CT molecular complexity index is 1460. The maximum absolute atomic E-state index is 14.2. The van der Waals surface area contributed by atoms with Crippen molar-refractivity contribution < 1.29 is 53.4 Å². The standard InChI is InChI=1S/C43H65NO11/c1-7-11-29-18-25(2)12-10-14-36(52-5)39-38(53-6)20-27(4)43(51,55-39)40(48)41(49)44-17-9-8-13-33(44)42(50)54-37(24-32(45)23-35(29)47)26(3)19-30-22-31-21-28(30)15-16-34(31)46/h7,18-19,27-34,36-39,45-46,51H,1,8-17,20-24H2,2-6H3/b25-18+,26-19+/t27?,28?,29?,30?,31?,32-,33-,34?,36-,37-,38?,39?,43?/m0/s1. The smallest absolute Gasteiger partial charge is 0.329 e. The number of piperidine rings is 1. The van der Waals surface area contributed by atoms with Crippen LogP contribution in [0.3, 0.4) is 0 Å². The van der Waals surface area contributed by atoms with Gasteiger partial charge < -0.3 is 39.2 Å². The van der Waals surface area contributed by atoms with Gasteiger partial charge in [0.25, 0.3) is 11.7 Å². The molecule has 13 atom stereocenters. The zero-order chi connectivity index (χ0) is 40.0. The van der Waals surface area contributed by atoms with Crippen molar-refractivity contribution in [1.82, 2.24) is 4.90 Å². The number of nitrogens with zero attached hydrogens (tertiary/aromatic N) is 1. The van der Waals surface area contributed by atoms with Gasteiger partial charge in [0, 0.05) is 45.4 Å². The highest BCUT2D eigenvalue weighted by Gasteiger charge is 2.56. The Balaban J connectivity index is 1.49. The lowest BCUT2D eigenvalue weighted by Crippen LogP contribution is -2.64. The van der Waals surface area contributed by atoms with E-state index in [1.165, 1.54) is 19.1 Å². The van der Waals surface area contributed by atoms with Gasteiger partial charge in [0.2, 0.25) is 5.79 Å². The molecule has 308 valence electrons. The van der Waals surface area contributed by atoms with E-state index >= 15 is 0 Å². The highest BCUT2D eigenvalue weighted by Crippen LogP contribution is 2.47. The number of carbonyl (C=O) groups excluding carboxylic acids is 4. The molecule has 3 aliphatic heterocycles. The highest BCUT2D eigenvalue weighted by molar-refractivity contribution is 6.39. The molecule has 0 aromatic rings. The summed E-state index contributed by atoms with van der Waals surface area (Å²) in [6, 6.07) is -1.10. The molecule has 0 spiro atoms. The average Bonchev–Trinajstić information content (AvgIpc) is 3.50. The van der Waals surface area contributed by atoms with Crippen LogP contribution >= 0.6 is 0 Å². The number of allylic oxidation sites excluding steroid dienone is 4. The molecular formula is C43H65NO11. The van der Waals surface area contributed by atoms with Crippen LogP contribution in [-0.4, -0.2) is 113 Å². The molecule has 1 amide bonds. The maximum atomic E-state index is 14.2. The number of esters is 1. The number of fused-ring (bicyclic) bond motifs is 5. The van der Waals surface area contributed by atoms with Gasteiger partial charge in [-0.25, -0.2) is 4.79 Å². The molecule has 12 heteroatoms. The Morgan fingerprint density at radius 2 is 1.73 bits per heavy atom. The van der Waals surface area contributed by atoms with Crippen LogP contribution in [0, 0.1) is 29.6 Å². The topological polar surface area (TPSA) is 169 Å². The molecule has 0 aromatic heterocycles. The molecule has 4 fully saturated rings. The molecule has 2 aliphatic carbocycles. The second-order valence-electron chi connectivity index (χ2n) is 17.0. The van der Waals surface area contributed by atoms with Gasteiger partial charge in [-0.3, -0.25) is 14.4 Å². The SMILES string of the molecule is C=CCC1/C=C(\C)CCC[C@H](OC)C2OC(O)(C(=O)C(=O)N3CCCC[C@H]3C(=O)O[C@H](/C(C)=C/C3CC4CC3CCC4O)C[C@@H](O)CC1=O)C(C)CC2OC. The molecule has 3 N–H and O–H groups in total. The van der Waals surface area contributed by atoms with Crippen molar-refractivity contribution in [2.75, 3.05) is 20.8 Å². The largest absolute Gasteiger partial charge is 0.456 e. The number of hydrogen-bond acceptors (Lipinski definition) is 11. The highest BCUT2D eigenvalue weighted by atomic mass is 16.7. The lowest BCUT2D eigenvalue weighted by molar-refractivity contribution is -0.302. The Kier molecular flexibility index (Phi) is 15.1. The number of aliphatic hydroxyl groups excluding tert-OH is 2. The van der Waals surface area contributed by atoms with Gasteiger partial charge in [-0.15, -0.1) is 6.58 Å². The Morgan fingerprint density at radius 1 is 0.982 bits per heavy atom. The van der Waals surface area contributed by atoms with E-state index in [0.29, 0.717) is 44.4 Å². The summed E-state index contributed by atoms with van der Waals surface area (Å²) < 4.78 is 24.0. The van der Waals surface area contributed by atoms with E-state index in [1.54, 1.807) is 13.0 Å². The number of aliphatic hydroxyl groups is 3. The molecule has 55 heavy (non-hydrogen) atoms. The van der Waals surface area contributed by atoms with Crippen molar-refractivity contribution >= 4 is 23.4 Å². The number of cyclic esters (lactones) is 1. The van der Waals surface area contributed by atoms with Gasteiger partial charge in [-0.1, -0.05) is 30.7 Å². The van der Waals surface area contributed by atoms with Crippen molar-refractivity contribution in [2.24, 2.45) is 29.6 Å². The Labute approximate surface area is 326 Å². The Morgan fingerprint density at radius 3 is 2.42 bits per heavy atom. The number of rotatable bonds is 6. The predicted octanol–water partition coefficient (Wildman–Crippen LogP) is 4.77. The zero-order valence-corrected chi connectivity index (χ0v) is 33.5. The summed E-state index contributed by atoms with van der Waals surface area (Å²) in [5, 5.41) is 33.9. The van der Waals surface area contributed by atoms with E-state index < -0.39 is 71.8 Å². The molecule has 12 nitrogen and oxygen atoms in total. The minimum atomic E-state index is -2.48. The second-order valence-corrected chi connectivity index (χ2v) is 17.0. The van der Waals surface area contributed by atoms with Crippen LogP contribution in [0.1, 0.15) is 111 Å². The molecule has 0 radical (unpaired) electrons. The molecular weight excluding hydrogens is 706 g/mol. The molecule has 5 rings (SSSR count). The van der Waals surface area contributed by atoms with E-state index in [2.05, 4.69) is 12.7 Å². The van der Waals surface area contributed by atoms with Crippen LogP contribution in [0.15, 0.2) is 36.0 Å². The van der Waals surface area contributed by atoms with Crippen molar-refractivity contribution in [1.29, 1.82) is 0 Å². The normalized spacial score (nSPS) is 41.4. The average molecular weight is 772 g/mol. The molecule has 2 saturated carbocycles. The Hall–Kier alpha value is -2.74. The number of methoxy groups -OCH3 is 2. The summed E-state index contributed by atoms with van der Waals surface area (Å²) in [6.07, 6.45) is 8.45. The number of hydrogen-bond donors (Lipinski definition) is 3. The second kappa shape index (κ2) is 19.1. The maximum Gasteiger partial charge on any atom is 0.329 e. The fourth-order valence-electron chi connectivity index (χ4n) is 9.84. The molecule has 3 heterocycles. The van der Waals surface area contributed by atoms with Gasteiger partial charge >= 0.3 is 5.97 Å². The first kappa shape index (κ1) is 43.4. The summed E-state index contributed by atoms with van der Waals surface area (Å²) >= 11 is 0. The predicted molar refractivity (Wildman–Crippen MR) is 204 cm³/mol. The third-order valence-electron chi connectivity index (χ3n) is 13.2. The first-order chi connectivity index (χ1) is 26.2. The zero-order valence-electron chi connectivity index (χ0n) is 33.5. The first-order valence-corrected chi connectivity index (χ1v) is 20.6. The third kappa shape index (κ3) is 10.0. The minimum Gasteiger partial charge on any atom is -0.456 e. The van der Waals surface area contributed by atoms with Crippen LogP contribution in [0.4, 0.5) is 0 Å². The van der Waals surface area contributed by atoms with Gasteiger partial charge in [0.15, 0.2) is 0 Å². The molecule has 2 saturated heterocycles. The van der Waals surface area contributed by atoms with Crippen molar-refractivity contribution in [3.63, 3.8) is 0 Å². The molecule has 9 unspecified atom stereocenters. The molecule has 0 aromatic carbocycles. The van der Waals surface area contributed by atoms with E-state index in [1.807, 2.05) is 19.9 Å². The summed E-state index contributed by atoms with van der Waals surface area (Å²) in [5.41, 5.74) is 1.71. The quantitative estimate of drug-likeness (QED) is 0.193. The van der Waals surface area contributed by atoms with Crippen molar-refractivity contribution in [3.8, 4) is 0 Å². The lowest BCUT2D eigenvalue weighted by Gasteiger charge is -2.46. The molecule has 5 aliphatic rings. The number of carbonyl (C=O) groups is 4. The van der Waals surface area contributed by atoms with E-state index in [4.69, 9.17) is 18.9 Å². The van der Waals surface area contributed by atoms with E-state index in [9.17, 15) is 34.5 Å². The van der Waals surface area contributed by atoms with Crippen LogP contribution in [0.5, 0.6) is 0 Å².